The Kier molecular flexibility index (Phi) is 4.18. The first-order chi connectivity index (χ1) is 10.7. The Labute approximate surface area is 130 Å². The van der Waals surface area contributed by atoms with Crippen molar-refractivity contribution in [2.45, 2.75) is 32.6 Å². The zero-order valence-electron chi connectivity index (χ0n) is 12.8. The van der Waals surface area contributed by atoms with Gasteiger partial charge in [-0.05, 0) is 50.3 Å². The zero-order valence-corrected chi connectivity index (χ0v) is 12.8. The van der Waals surface area contributed by atoms with E-state index in [2.05, 4.69) is 18.0 Å². The number of hydrogen-bond donors (Lipinski definition) is 0. The Balaban J connectivity index is 1.53. The second-order valence-electron chi connectivity index (χ2n) is 5.66. The molecule has 0 aliphatic carbocycles. The molecule has 0 spiro atoms. The molecule has 2 heterocycles. The summed E-state index contributed by atoms with van der Waals surface area (Å²) in [5.74, 6) is -0.319. The van der Waals surface area contributed by atoms with E-state index >= 15 is 0 Å². The van der Waals surface area contributed by atoms with Gasteiger partial charge in [-0.2, -0.15) is 0 Å². The van der Waals surface area contributed by atoms with Gasteiger partial charge in [-0.15, -0.1) is 0 Å². The van der Waals surface area contributed by atoms with Crippen LogP contribution in [0.15, 0.2) is 40.9 Å². The summed E-state index contributed by atoms with van der Waals surface area (Å²) in [4.78, 5) is 30.3. The van der Waals surface area contributed by atoms with Gasteiger partial charge in [0, 0.05) is 18.8 Å². The number of carbonyl (C=O) groups is 2. The monoisotopic (exact) mass is 296 g/mol. The molecular formula is C18H20N2O2. The third-order valence-corrected chi connectivity index (χ3v) is 4.33. The van der Waals surface area contributed by atoms with E-state index in [0.717, 1.165) is 32.2 Å². The largest absolute Gasteiger partial charge is 0.289 e. The summed E-state index contributed by atoms with van der Waals surface area (Å²) in [6, 6.07) is 7.04. The van der Waals surface area contributed by atoms with Gasteiger partial charge < -0.3 is 0 Å². The molecule has 0 saturated heterocycles. The molecule has 0 bridgehead atoms. The average Bonchev–Trinajstić information content (AvgIpc) is 3.09. The van der Waals surface area contributed by atoms with Crippen molar-refractivity contribution in [1.82, 2.24) is 4.90 Å². The van der Waals surface area contributed by atoms with Gasteiger partial charge in [-0.25, -0.2) is 0 Å². The molecule has 1 aromatic rings. The summed E-state index contributed by atoms with van der Waals surface area (Å²) < 4.78 is 0. The van der Waals surface area contributed by atoms with Crippen molar-refractivity contribution in [3.05, 3.63) is 47.0 Å². The number of aliphatic imine (C=N–C) groups is 1. The van der Waals surface area contributed by atoms with Gasteiger partial charge in [0.05, 0.1) is 11.1 Å². The zero-order chi connectivity index (χ0) is 15.5. The molecule has 0 saturated carbocycles. The van der Waals surface area contributed by atoms with E-state index in [1.165, 1.54) is 16.2 Å². The van der Waals surface area contributed by atoms with Crippen LogP contribution in [-0.2, 0) is 0 Å². The lowest BCUT2D eigenvalue weighted by Gasteiger charge is -2.13. The standard InChI is InChI=1S/C18H20N2O2/c1-2-13-10-11-19-16(13)9-5-6-12-20-17(21)14-7-3-4-8-15(14)18(20)22/h2-4,7-8H,5-6,9-12H2,1H3/b13-2+. The first kappa shape index (κ1) is 14.7. The minimum Gasteiger partial charge on any atom is -0.289 e. The summed E-state index contributed by atoms with van der Waals surface area (Å²) in [5.41, 5.74) is 3.61. The minimum atomic E-state index is -0.159. The van der Waals surface area contributed by atoms with Crippen LogP contribution in [0.25, 0.3) is 0 Å². The molecule has 0 atom stereocenters. The highest BCUT2D eigenvalue weighted by Gasteiger charge is 2.34. The van der Waals surface area contributed by atoms with Crippen LogP contribution in [0, 0.1) is 0 Å². The van der Waals surface area contributed by atoms with Crippen molar-refractivity contribution in [2.24, 2.45) is 4.99 Å². The highest BCUT2D eigenvalue weighted by Crippen LogP contribution is 2.23. The van der Waals surface area contributed by atoms with E-state index in [-0.39, 0.29) is 11.8 Å². The predicted octanol–water partition coefficient (Wildman–Crippen LogP) is 3.24. The van der Waals surface area contributed by atoms with Gasteiger partial charge in [0.2, 0.25) is 0 Å². The molecule has 3 rings (SSSR count). The number of amides is 2. The Hall–Kier alpha value is -2.23. The molecule has 22 heavy (non-hydrogen) atoms. The fourth-order valence-electron chi connectivity index (χ4n) is 3.11. The van der Waals surface area contributed by atoms with Gasteiger partial charge in [0.25, 0.3) is 11.8 Å². The molecule has 0 N–H and O–H groups in total. The Morgan fingerprint density at radius 1 is 1.14 bits per heavy atom. The average molecular weight is 296 g/mol. The van der Waals surface area contributed by atoms with E-state index in [4.69, 9.17) is 0 Å². The molecular weight excluding hydrogens is 276 g/mol. The minimum absolute atomic E-state index is 0.159. The Morgan fingerprint density at radius 2 is 1.82 bits per heavy atom. The summed E-state index contributed by atoms with van der Waals surface area (Å²) in [6.07, 6.45) is 5.88. The molecule has 4 nitrogen and oxygen atoms in total. The van der Waals surface area contributed by atoms with E-state index in [9.17, 15) is 9.59 Å². The smallest absolute Gasteiger partial charge is 0.261 e. The molecule has 2 amide bonds. The number of carbonyl (C=O) groups excluding carboxylic acids is 2. The van der Waals surface area contributed by atoms with Crippen LogP contribution >= 0.6 is 0 Å². The second kappa shape index (κ2) is 6.26. The first-order valence-corrected chi connectivity index (χ1v) is 7.86. The van der Waals surface area contributed by atoms with Crippen LogP contribution < -0.4 is 0 Å². The number of nitrogens with zero attached hydrogens (tertiary/aromatic N) is 2. The third kappa shape index (κ3) is 2.61. The van der Waals surface area contributed by atoms with Crippen LogP contribution in [-0.4, -0.2) is 35.5 Å². The summed E-state index contributed by atoms with van der Waals surface area (Å²) in [7, 11) is 0. The van der Waals surface area contributed by atoms with E-state index < -0.39 is 0 Å². The maximum atomic E-state index is 12.2. The van der Waals surface area contributed by atoms with Gasteiger partial charge in [-0.3, -0.25) is 19.5 Å². The lowest BCUT2D eigenvalue weighted by atomic mass is 10.0. The molecule has 4 heteroatoms. The second-order valence-corrected chi connectivity index (χ2v) is 5.66. The lowest BCUT2D eigenvalue weighted by molar-refractivity contribution is 0.0652. The fourth-order valence-corrected chi connectivity index (χ4v) is 3.11. The number of fused-ring (bicyclic) bond motifs is 1. The molecule has 0 aromatic heterocycles. The number of hydrogen-bond acceptors (Lipinski definition) is 3. The molecule has 2 aliphatic heterocycles. The van der Waals surface area contributed by atoms with Crippen molar-refractivity contribution in [1.29, 1.82) is 0 Å². The molecule has 0 unspecified atom stereocenters. The third-order valence-electron chi connectivity index (χ3n) is 4.33. The van der Waals surface area contributed by atoms with Gasteiger partial charge >= 0.3 is 0 Å². The normalized spacial score (nSPS) is 19.0. The number of benzene rings is 1. The van der Waals surface area contributed by atoms with Crippen LogP contribution in [0.3, 0.4) is 0 Å². The van der Waals surface area contributed by atoms with Crippen LogP contribution in [0.2, 0.25) is 0 Å². The Bertz CT molecular complexity index is 638. The molecule has 2 aliphatic rings. The maximum Gasteiger partial charge on any atom is 0.261 e. The van der Waals surface area contributed by atoms with Crippen molar-refractivity contribution in [2.75, 3.05) is 13.1 Å². The fraction of sp³-hybridized carbons (Fsp3) is 0.389. The van der Waals surface area contributed by atoms with Crippen LogP contribution in [0.4, 0.5) is 0 Å². The lowest BCUT2D eigenvalue weighted by Crippen LogP contribution is -2.30. The number of unbranched alkanes of at least 4 members (excludes halogenated alkanes) is 1. The predicted molar refractivity (Wildman–Crippen MR) is 86.3 cm³/mol. The van der Waals surface area contributed by atoms with E-state index in [0.29, 0.717) is 17.7 Å². The molecule has 0 fully saturated rings. The number of allylic oxidation sites excluding steroid dienone is 1. The highest BCUT2D eigenvalue weighted by molar-refractivity contribution is 6.21. The van der Waals surface area contributed by atoms with Gasteiger partial charge in [0.15, 0.2) is 0 Å². The quantitative estimate of drug-likeness (QED) is 0.618. The Morgan fingerprint density at radius 3 is 2.45 bits per heavy atom. The van der Waals surface area contributed by atoms with Crippen molar-refractivity contribution in [3.63, 3.8) is 0 Å². The number of imide groups is 1. The topological polar surface area (TPSA) is 49.7 Å². The maximum absolute atomic E-state index is 12.2. The molecule has 1 aromatic carbocycles. The summed E-state index contributed by atoms with van der Waals surface area (Å²) in [6.45, 7) is 3.44. The summed E-state index contributed by atoms with van der Waals surface area (Å²) >= 11 is 0. The van der Waals surface area contributed by atoms with Crippen molar-refractivity contribution in [3.8, 4) is 0 Å². The SMILES string of the molecule is C/C=C1\CCN=C1CCCCN1C(=O)c2ccccc2C1=O. The van der Waals surface area contributed by atoms with Crippen LogP contribution in [0.1, 0.15) is 53.3 Å². The molecule has 0 radical (unpaired) electrons. The van der Waals surface area contributed by atoms with E-state index in [1.54, 1.807) is 24.3 Å². The number of rotatable bonds is 5. The highest BCUT2D eigenvalue weighted by atomic mass is 16.2. The first-order valence-electron chi connectivity index (χ1n) is 7.86. The summed E-state index contributed by atoms with van der Waals surface area (Å²) in [5, 5.41) is 0. The van der Waals surface area contributed by atoms with Crippen molar-refractivity contribution >= 4 is 17.5 Å². The van der Waals surface area contributed by atoms with Crippen molar-refractivity contribution < 1.29 is 9.59 Å². The van der Waals surface area contributed by atoms with E-state index in [1.807, 2.05) is 0 Å². The van der Waals surface area contributed by atoms with Gasteiger partial charge in [-0.1, -0.05) is 18.2 Å². The van der Waals surface area contributed by atoms with Crippen LogP contribution in [0.5, 0.6) is 0 Å². The van der Waals surface area contributed by atoms with Gasteiger partial charge in [0.1, 0.15) is 0 Å². The molecule has 114 valence electrons.